The Kier molecular flexibility index (Phi) is 7.77. The molecule has 1 saturated heterocycles. The predicted molar refractivity (Wildman–Crippen MR) is 126 cm³/mol. The number of carbonyl (C=O) groups is 1. The lowest BCUT2D eigenvalue weighted by atomic mass is 10.2. The van der Waals surface area contributed by atoms with Crippen LogP contribution in [0.15, 0.2) is 48.5 Å². The van der Waals surface area contributed by atoms with E-state index in [2.05, 4.69) is 15.2 Å². The molecule has 1 aromatic heterocycles. The summed E-state index contributed by atoms with van der Waals surface area (Å²) in [4.78, 5) is 15.5. The van der Waals surface area contributed by atoms with E-state index in [1.165, 1.54) is 0 Å². The number of hydrogen-bond donors (Lipinski definition) is 4. The lowest BCUT2D eigenvalue weighted by Crippen LogP contribution is -2.29. The van der Waals surface area contributed by atoms with Crippen LogP contribution in [0.3, 0.4) is 0 Å². The van der Waals surface area contributed by atoms with E-state index in [1.807, 2.05) is 48.5 Å². The second kappa shape index (κ2) is 11.1. The number of para-hydroxylation sites is 2. The number of hydrogen-bond acceptors (Lipinski definition) is 7. The molecule has 2 atom stereocenters. The summed E-state index contributed by atoms with van der Waals surface area (Å²) >= 11 is 0. The zero-order valence-corrected chi connectivity index (χ0v) is 18.6. The number of benzene rings is 2. The Morgan fingerprint density at radius 1 is 1.24 bits per heavy atom. The maximum atomic E-state index is 10.7. The van der Waals surface area contributed by atoms with Crippen LogP contribution in [0, 0.1) is 0 Å². The fourth-order valence-electron chi connectivity index (χ4n) is 4.00. The first-order valence-electron chi connectivity index (χ1n) is 11.3. The van der Waals surface area contributed by atoms with Crippen LogP contribution < -0.4 is 21.1 Å². The Balaban J connectivity index is 1.38. The van der Waals surface area contributed by atoms with E-state index in [4.69, 9.17) is 20.2 Å². The number of amides is 1. The Hall–Kier alpha value is -3.14. The minimum absolute atomic E-state index is 0.0277. The maximum absolute atomic E-state index is 10.7. The van der Waals surface area contributed by atoms with Crippen LogP contribution in [0.5, 0.6) is 5.75 Å². The largest absolute Gasteiger partial charge is 0.494 e. The van der Waals surface area contributed by atoms with Crippen molar-refractivity contribution in [1.82, 2.24) is 14.9 Å². The smallest absolute Gasteiger partial charge is 0.231 e. The summed E-state index contributed by atoms with van der Waals surface area (Å²) in [6.07, 6.45) is 2.14. The molecular formula is C24H31N5O4. The van der Waals surface area contributed by atoms with E-state index in [1.54, 1.807) is 0 Å². The Morgan fingerprint density at radius 2 is 2.12 bits per heavy atom. The first kappa shape index (κ1) is 23.0. The van der Waals surface area contributed by atoms with Crippen molar-refractivity contribution in [1.29, 1.82) is 0 Å². The van der Waals surface area contributed by atoms with Gasteiger partial charge in [0.1, 0.15) is 12.0 Å². The van der Waals surface area contributed by atoms with Gasteiger partial charge < -0.3 is 30.9 Å². The van der Waals surface area contributed by atoms with Crippen LogP contribution in [-0.4, -0.2) is 53.0 Å². The second-order valence-corrected chi connectivity index (χ2v) is 8.11. The standard InChI is InChI=1S/C24H31N5O4/c25-22(31)15-26-11-4-12-32-18-6-3-5-17(13-18)14-27-24-28-20-7-1-2-8-21(20)29(24)23-10-9-19(16-30)33-23/h1-3,5-8,13,19,23,26,30H,4,9-12,14-16H2,(H2,25,31)(H,27,28)/t19-,23+/m0/s1. The molecule has 1 fully saturated rings. The first-order valence-corrected chi connectivity index (χ1v) is 11.3. The van der Waals surface area contributed by atoms with Gasteiger partial charge in [-0.05, 0) is 55.6 Å². The molecule has 0 spiro atoms. The van der Waals surface area contributed by atoms with E-state index in [9.17, 15) is 9.90 Å². The van der Waals surface area contributed by atoms with Crippen LogP contribution in [-0.2, 0) is 16.1 Å². The highest BCUT2D eigenvalue weighted by molar-refractivity contribution is 5.78. The number of aliphatic hydroxyl groups is 1. The molecule has 0 aliphatic carbocycles. The molecule has 1 aliphatic heterocycles. The van der Waals surface area contributed by atoms with Crippen LogP contribution in [0.2, 0.25) is 0 Å². The zero-order chi connectivity index (χ0) is 23.0. The van der Waals surface area contributed by atoms with Gasteiger partial charge in [0, 0.05) is 6.54 Å². The van der Waals surface area contributed by atoms with Crippen LogP contribution in [0.25, 0.3) is 11.0 Å². The van der Waals surface area contributed by atoms with Gasteiger partial charge in [-0.25, -0.2) is 4.98 Å². The monoisotopic (exact) mass is 453 g/mol. The van der Waals surface area contributed by atoms with E-state index >= 15 is 0 Å². The van der Waals surface area contributed by atoms with Crippen molar-refractivity contribution in [2.24, 2.45) is 5.73 Å². The van der Waals surface area contributed by atoms with Crippen molar-refractivity contribution in [3.63, 3.8) is 0 Å². The highest BCUT2D eigenvalue weighted by atomic mass is 16.5. The third kappa shape index (κ3) is 6.01. The number of rotatable bonds is 12. The number of carbonyl (C=O) groups excluding carboxylic acids is 1. The summed E-state index contributed by atoms with van der Waals surface area (Å²) in [5.41, 5.74) is 8.08. The molecule has 1 amide bonds. The van der Waals surface area contributed by atoms with Crippen LogP contribution in [0.1, 0.15) is 31.1 Å². The number of nitrogens with zero attached hydrogens (tertiary/aromatic N) is 2. The molecular weight excluding hydrogens is 422 g/mol. The average Bonchev–Trinajstić information content (AvgIpc) is 3.44. The van der Waals surface area contributed by atoms with Gasteiger partial charge in [-0.2, -0.15) is 0 Å². The number of aliphatic hydroxyl groups excluding tert-OH is 1. The Bertz CT molecular complexity index is 1070. The van der Waals surface area contributed by atoms with E-state index in [-0.39, 0.29) is 31.4 Å². The molecule has 5 N–H and O–H groups in total. The van der Waals surface area contributed by atoms with Crippen molar-refractivity contribution in [3.8, 4) is 5.75 Å². The second-order valence-electron chi connectivity index (χ2n) is 8.11. The Morgan fingerprint density at radius 3 is 2.94 bits per heavy atom. The van der Waals surface area contributed by atoms with Gasteiger partial charge in [0.05, 0.1) is 36.9 Å². The molecule has 0 saturated carbocycles. The number of fused-ring (bicyclic) bond motifs is 1. The van der Waals surface area contributed by atoms with Crippen molar-refractivity contribution in [3.05, 3.63) is 54.1 Å². The molecule has 4 rings (SSSR count). The minimum atomic E-state index is -0.364. The van der Waals surface area contributed by atoms with E-state index < -0.39 is 0 Å². The molecule has 2 heterocycles. The van der Waals surface area contributed by atoms with Crippen molar-refractivity contribution in [2.75, 3.05) is 31.6 Å². The normalized spacial score (nSPS) is 18.0. The van der Waals surface area contributed by atoms with Crippen molar-refractivity contribution >= 4 is 22.9 Å². The topological polar surface area (TPSA) is 124 Å². The average molecular weight is 454 g/mol. The zero-order valence-electron chi connectivity index (χ0n) is 18.6. The van der Waals surface area contributed by atoms with E-state index in [0.717, 1.165) is 47.6 Å². The first-order chi connectivity index (χ1) is 16.1. The minimum Gasteiger partial charge on any atom is -0.494 e. The molecule has 33 heavy (non-hydrogen) atoms. The van der Waals surface area contributed by atoms with Gasteiger partial charge in [0.25, 0.3) is 0 Å². The van der Waals surface area contributed by atoms with Gasteiger partial charge in [-0.3, -0.25) is 9.36 Å². The SMILES string of the molecule is NC(=O)CNCCCOc1cccc(CNc2nc3ccccc3n2[C@H]2CC[C@@H](CO)O2)c1. The quantitative estimate of drug-likeness (QED) is 0.310. The summed E-state index contributed by atoms with van der Waals surface area (Å²) in [5.74, 6) is 1.17. The number of aromatic nitrogens is 2. The number of nitrogens with two attached hydrogens (primary N) is 1. The molecule has 0 unspecified atom stereocenters. The van der Waals surface area contributed by atoms with Gasteiger partial charge in [-0.1, -0.05) is 24.3 Å². The number of imidazole rings is 1. The third-order valence-corrected chi connectivity index (χ3v) is 5.59. The summed E-state index contributed by atoms with van der Waals surface area (Å²) in [6.45, 7) is 2.00. The molecule has 1 aliphatic rings. The van der Waals surface area contributed by atoms with Gasteiger partial charge in [0.15, 0.2) is 0 Å². The number of primary amides is 1. The number of anilines is 1. The highest BCUT2D eigenvalue weighted by Gasteiger charge is 2.29. The summed E-state index contributed by atoms with van der Waals surface area (Å²) in [7, 11) is 0. The summed E-state index contributed by atoms with van der Waals surface area (Å²) < 4.78 is 14.0. The molecule has 0 radical (unpaired) electrons. The van der Waals surface area contributed by atoms with Gasteiger partial charge in [0.2, 0.25) is 11.9 Å². The Labute approximate surface area is 192 Å². The molecule has 176 valence electrons. The lowest BCUT2D eigenvalue weighted by Gasteiger charge is -2.18. The third-order valence-electron chi connectivity index (χ3n) is 5.59. The molecule has 9 nitrogen and oxygen atoms in total. The van der Waals surface area contributed by atoms with Crippen LogP contribution in [0.4, 0.5) is 5.95 Å². The molecule has 2 aromatic carbocycles. The van der Waals surface area contributed by atoms with Crippen molar-refractivity contribution < 1.29 is 19.4 Å². The van der Waals surface area contributed by atoms with E-state index in [0.29, 0.717) is 19.7 Å². The summed E-state index contributed by atoms with van der Waals surface area (Å²) in [5, 5.41) is 15.9. The maximum Gasteiger partial charge on any atom is 0.231 e. The predicted octanol–water partition coefficient (Wildman–Crippen LogP) is 2.16. The van der Waals surface area contributed by atoms with Gasteiger partial charge >= 0.3 is 0 Å². The fraction of sp³-hybridized carbons (Fsp3) is 0.417. The molecule has 9 heteroatoms. The molecule has 0 bridgehead atoms. The summed E-state index contributed by atoms with van der Waals surface area (Å²) in [6, 6.07) is 15.9. The van der Waals surface area contributed by atoms with Gasteiger partial charge in [-0.15, -0.1) is 0 Å². The fourth-order valence-corrected chi connectivity index (χ4v) is 4.00. The van der Waals surface area contributed by atoms with Crippen molar-refractivity contribution in [2.45, 2.75) is 38.1 Å². The lowest BCUT2D eigenvalue weighted by molar-refractivity contribution is -0.117. The molecule has 3 aromatic rings. The highest BCUT2D eigenvalue weighted by Crippen LogP contribution is 2.34. The number of nitrogens with one attached hydrogen (secondary N) is 2. The van der Waals surface area contributed by atoms with Crippen LogP contribution >= 0.6 is 0 Å². The number of ether oxygens (including phenoxy) is 2.